The summed E-state index contributed by atoms with van der Waals surface area (Å²) in [6.45, 7) is 0. The molecule has 74 valence electrons. The monoisotopic (exact) mass is 198 g/mol. The number of imidazole rings is 1. The molecule has 0 spiro atoms. The topological polar surface area (TPSA) is 56.7 Å². The Bertz CT molecular complexity index is 654. The van der Waals surface area contributed by atoms with E-state index in [4.69, 9.17) is 5.73 Å². The molecule has 0 radical (unpaired) electrons. The second-order valence-corrected chi connectivity index (χ2v) is 3.54. The van der Waals surface area contributed by atoms with Crippen LogP contribution in [0.3, 0.4) is 0 Å². The van der Waals surface area contributed by atoms with Gasteiger partial charge in [-0.25, -0.2) is 4.98 Å². The number of nitrogen functional groups attached to an aromatic ring is 1. The molecule has 4 nitrogen and oxygen atoms in total. The molecular formula is C11H10N4. The van der Waals surface area contributed by atoms with Gasteiger partial charge in [0.15, 0.2) is 0 Å². The SMILES string of the molecule is Cn1c(N)nc2c3ncccc3ccc21. The van der Waals surface area contributed by atoms with Gasteiger partial charge >= 0.3 is 0 Å². The highest BCUT2D eigenvalue weighted by Crippen LogP contribution is 2.23. The van der Waals surface area contributed by atoms with Gasteiger partial charge < -0.3 is 10.3 Å². The van der Waals surface area contributed by atoms with Crippen LogP contribution < -0.4 is 5.73 Å². The third-order valence-corrected chi connectivity index (χ3v) is 2.66. The van der Waals surface area contributed by atoms with Crippen molar-refractivity contribution in [3.05, 3.63) is 30.5 Å². The molecule has 0 saturated carbocycles. The Balaban J connectivity index is 2.60. The van der Waals surface area contributed by atoms with Crippen LogP contribution in [0.5, 0.6) is 0 Å². The summed E-state index contributed by atoms with van der Waals surface area (Å²) in [6, 6.07) is 7.99. The number of nitrogens with zero attached hydrogens (tertiary/aromatic N) is 3. The zero-order valence-corrected chi connectivity index (χ0v) is 8.31. The first-order chi connectivity index (χ1) is 7.27. The zero-order chi connectivity index (χ0) is 10.4. The van der Waals surface area contributed by atoms with Crippen molar-refractivity contribution < 1.29 is 0 Å². The Morgan fingerprint density at radius 1 is 1.20 bits per heavy atom. The summed E-state index contributed by atoms with van der Waals surface area (Å²) in [4.78, 5) is 8.65. The molecule has 2 heterocycles. The second kappa shape index (κ2) is 2.70. The molecule has 0 saturated heterocycles. The van der Waals surface area contributed by atoms with Gasteiger partial charge in [-0.1, -0.05) is 12.1 Å². The van der Waals surface area contributed by atoms with Crippen LogP contribution in [-0.4, -0.2) is 14.5 Å². The van der Waals surface area contributed by atoms with Crippen molar-refractivity contribution in [3.63, 3.8) is 0 Å². The first kappa shape index (κ1) is 8.23. The van der Waals surface area contributed by atoms with E-state index in [1.807, 2.05) is 35.9 Å². The molecule has 0 atom stereocenters. The molecule has 0 fully saturated rings. The number of hydrogen-bond acceptors (Lipinski definition) is 3. The molecule has 4 heteroatoms. The Labute approximate surface area is 86.4 Å². The van der Waals surface area contributed by atoms with E-state index in [0.29, 0.717) is 5.95 Å². The number of benzene rings is 1. The van der Waals surface area contributed by atoms with Gasteiger partial charge in [0.1, 0.15) is 5.52 Å². The lowest BCUT2D eigenvalue weighted by molar-refractivity contribution is 0.965. The minimum Gasteiger partial charge on any atom is -0.369 e. The Hall–Kier alpha value is -2.10. The number of anilines is 1. The number of nitrogens with two attached hydrogens (primary N) is 1. The van der Waals surface area contributed by atoms with E-state index in [0.717, 1.165) is 21.9 Å². The van der Waals surface area contributed by atoms with Crippen molar-refractivity contribution in [3.8, 4) is 0 Å². The van der Waals surface area contributed by atoms with Crippen molar-refractivity contribution in [2.45, 2.75) is 0 Å². The fourth-order valence-corrected chi connectivity index (χ4v) is 1.81. The smallest absolute Gasteiger partial charge is 0.201 e. The molecule has 3 rings (SSSR count). The first-order valence-corrected chi connectivity index (χ1v) is 4.73. The quantitative estimate of drug-likeness (QED) is 0.598. The lowest BCUT2D eigenvalue weighted by Gasteiger charge is -1.98. The van der Waals surface area contributed by atoms with E-state index in [1.165, 1.54) is 0 Å². The average Bonchev–Trinajstić information content (AvgIpc) is 2.56. The van der Waals surface area contributed by atoms with Gasteiger partial charge in [0.2, 0.25) is 5.95 Å². The highest BCUT2D eigenvalue weighted by Gasteiger charge is 2.08. The molecule has 2 aromatic heterocycles. The Morgan fingerprint density at radius 3 is 2.93 bits per heavy atom. The van der Waals surface area contributed by atoms with E-state index in [1.54, 1.807) is 6.20 Å². The molecule has 0 aliphatic carbocycles. The lowest BCUT2D eigenvalue weighted by atomic mass is 10.2. The largest absolute Gasteiger partial charge is 0.369 e. The Kier molecular flexibility index (Phi) is 1.48. The lowest BCUT2D eigenvalue weighted by Crippen LogP contribution is -1.95. The van der Waals surface area contributed by atoms with Crippen LogP contribution >= 0.6 is 0 Å². The summed E-state index contributed by atoms with van der Waals surface area (Å²) in [5.41, 5.74) is 8.55. The minimum atomic E-state index is 0.517. The van der Waals surface area contributed by atoms with Crippen molar-refractivity contribution in [1.29, 1.82) is 0 Å². The van der Waals surface area contributed by atoms with Gasteiger partial charge in [0.05, 0.1) is 11.0 Å². The second-order valence-electron chi connectivity index (χ2n) is 3.54. The molecule has 0 amide bonds. The summed E-state index contributed by atoms with van der Waals surface area (Å²) in [6.07, 6.45) is 1.77. The summed E-state index contributed by atoms with van der Waals surface area (Å²) in [7, 11) is 1.90. The molecular weight excluding hydrogens is 188 g/mol. The third kappa shape index (κ3) is 1.01. The number of aromatic nitrogens is 3. The highest BCUT2D eigenvalue weighted by molar-refractivity contribution is 6.02. The van der Waals surface area contributed by atoms with Gasteiger partial charge in [-0.2, -0.15) is 0 Å². The van der Waals surface area contributed by atoms with Crippen LogP contribution in [-0.2, 0) is 7.05 Å². The minimum absolute atomic E-state index is 0.517. The third-order valence-electron chi connectivity index (χ3n) is 2.66. The predicted octanol–water partition coefficient (Wildman–Crippen LogP) is 1.70. The van der Waals surface area contributed by atoms with Gasteiger partial charge in [0.25, 0.3) is 0 Å². The maximum Gasteiger partial charge on any atom is 0.201 e. The highest BCUT2D eigenvalue weighted by atomic mass is 15.1. The maximum absolute atomic E-state index is 5.77. The van der Waals surface area contributed by atoms with E-state index in [9.17, 15) is 0 Å². The van der Waals surface area contributed by atoms with Gasteiger partial charge in [-0.05, 0) is 12.1 Å². The zero-order valence-electron chi connectivity index (χ0n) is 8.31. The summed E-state index contributed by atoms with van der Waals surface area (Å²) >= 11 is 0. The normalized spacial score (nSPS) is 11.3. The van der Waals surface area contributed by atoms with E-state index >= 15 is 0 Å². The molecule has 0 unspecified atom stereocenters. The van der Waals surface area contributed by atoms with E-state index in [-0.39, 0.29) is 0 Å². The predicted molar refractivity (Wildman–Crippen MR) is 60.4 cm³/mol. The molecule has 1 aromatic carbocycles. The summed E-state index contributed by atoms with van der Waals surface area (Å²) in [5.74, 6) is 0.517. The summed E-state index contributed by atoms with van der Waals surface area (Å²) in [5, 5.41) is 1.09. The van der Waals surface area contributed by atoms with Crippen molar-refractivity contribution in [2.75, 3.05) is 5.73 Å². The van der Waals surface area contributed by atoms with Gasteiger partial charge in [0, 0.05) is 18.6 Å². The van der Waals surface area contributed by atoms with Crippen LogP contribution in [0.15, 0.2) is 30.5 Å². The maximum atomic E-state index is 5.77. The van der Waals surface area contributed by atoms with Crippen molar-refractivity contribution in [1.82, 2.24) is 14.5 Å². The van der Waals surface area contributed by atoms with Crippen molar-refractivity contribution in [2.24, 2.45) is 7.05 Å². The standard InChI is InChI=1S/C11H10N4/c1-15-8-5-4-7-3-2-6-13-9(7)10(8)14-11(15)12/h2-6H,1H3,(H2,12,14). The molecule has 3 aromatic rings. The number of aryl methyl sites for hydroxylation is 1. The van der Waals surface area contributed by atoms with Crippen LogP contribution in [0.2, 0.25) is 0 Å². The number of hydrogen-bond donors (Lipinski definition) is 1. The van der Waals surface area contributed by atoms with E-state index < -0.39 is 0 Å². The molecule has 15 heavy (non-hydrogen) atoms. The number of fused-ring (bicyclic) bond motifs is 3. The number of rotatable bonds is 0. The van der Waals surface area contributed by atoms with Crippen LogP contribution in [0.1, 0.15) is 0 Å². The molecule has 0 bridgehead atoms. The van der Waals surface area contributed by atoms with Gasteiger partial charge in [-0.15, -0.1) is 0 Å². The Morgan fingerprint density at radius 2 is 2.07 bits per heavy atom. The van der Waals surface area contributed by atoms with Gasteiger partial charge in [-0.3, -0.25) is 4.98 Å². The van der Waals surface area contributed by atoms with Crippen molar-refractivity contribution >= 4 is 27.9 Å². The fraction of sp³-hybridized carbons (Fsp3) is 0.0909. The van der Waals surface area contributed by atoms with Crippen LogP contribution in [0.4, 0.5) is 5.95 Å². The number of pyridine rings is 1. The molecule has 0 aliphatic rings. The average molecular weight is 198 g/mol. The summed E-state index contributed by atoms with van der Waals surface area (Å²) < 4.78 is 1.86. The van der Waals surface area contributed by atoms with Crippen LogP contribution in [0, 0.1) is 0 Å². The fourth-order valence-electron chi connectivity index (χ4n) is 1.81. The van der Waals surface area contributed by atoms with E-state index in [2.05, 4.69) is 9.97 Å². The van der Waals surface area contributed by atoms with Crippen LogP contribution in [0.25, 0.3) is 21.9 Å². The first-order valence-electron chi connectivity index (χ1n) is 4.73. The molecule has 2 N–H and O–H groups in total. The molecule has 0 aliphatic heterocycles.